The molecule has 4 rings (SSSR count). The molecule has 0 bridgehead atoms. The van der Waals surface area contributed by atoms with Crippen LogP contribution in [-0.2, 0) is 19.0 Å². The number of halogens is 4. The SMILES string of the molecule is Cc1c(Cl)cccc1NC(=O)c1ccc(-n2nc(C(F)(F)F)c3c2CCCC3)cc1. The Morgan fingerprint density at radius 3 is 2.50 bits per heavy atom. The monoisotopic (exact) mass is 433 g/mol. The minimum atomic E-state index is -4.48. The molecule has 0 aliphatic heterocycles. The third-order valence-corrected chi connectivity index (χ3v) is 5.75. The lowest BCUT2D eigenvalue weighted by Gasteiger charge is -2.15. The van der Waals surface area contributed by atoms with Gasteiger partial charge in [-0.25, -0.2) is 4.68 Å². The third kappa shape index (κ3) is 3.81. The van der Waals surface area contributed by atoms with E-state index in [0.29, 0.717) is 40.5 Å². The number of anilines is 1. The van der Waals surface area contributed by atoms with E-state index >= 15 is 0 Å². The fraction of sp³-hybridized carbons (Fsp3) is 0.273. The van der Waals surface area contributed by atoms with E-state index in [1.165, 1.54) is 4.68 Å². The zero-order chi connectivity index (χ0) is 21.5. The molecule has 8 heteroatoms. The number of benzene rings is 2. The number of alkyl halides is 3. The van der Waals surface area contributed by atoms with Crippen molar-refractivity contribution in [3.8, 4) is 5.69 Å². The first-order valence-electron chi connectivity index (χ1n) is 9.60. The van der Waals surface area contributed by atoms with Crippen molar-refractivity contribution >= 4 is 23.2 Å². The van der Waals surface area contributed by atoms with Crippen LogP contribution >= 0.6 is 11.6 Å². The summed E-state index contributed by atoms with van der Waals surface area (Å²) in [6.45, 7) is 1.81. The Morgan fingerprint density at radius 1 is 1.10 bits per heavy atom. The summed E-state index contributed by atoms with van der Waals surface area (Å²) < 4.78 is 41.6. The number of rotatable bonds is 3. The molecule has 0 radical (unpaired) electrons. The molecule has 0 spiro atoms. The average molecular weight is 434 g/mol. The average Bonchev–Trinajstić information content (AvgIpc) is 3.12. The van der Waals surface area contributed by atoms with Crippen molar-refractivity contribution < 1.29 is 18.0 Å². The van der Waals surface area contributed by atoms with Crippen molar-refractivity contribution in [3.05, 3.63) is 75.6 Å². The highest BCUT2D eigenvalue weighted by Gasteiger charge is 2.39. The first-order chi connectivity index (χ1) is 14.3. The number of carbonyl (C=O) groups is 1. The molecular weight excluding hydrogens is 415 g/mol. The van der Waals surface area contributed by atoms with Gasteiger partial charge in [0.05, 0.1) is 5.69 Å². The van der Waals surface area contributed by atoms with E-state index in [9.17, 15) is 18.0 Å². The lowest BCUT2D eigenvalue weighted by molar-refractivity contribution is -0.142. The van der Waals surface area contributed by atoms with Crippen molar-refractivity contribution in [2.75, 3.05) is 5.32 Å². The molecule has 0 fully saturated rings. The standard InChI is InChI=1S/C22H19ClF3N3O/c1-13-17(23)6-4-7-18(13)27-21(30)14-9-11-15(12-10-14)29-19-8-3-2-5-16(19)20(28-29)22(24,25)26/h4,6-7,9-12H,2-3,5,8H2,1H3,(H,27,30). The van der Waals surface area contributed by atoms with E-state index in [2.05, 4.69) is 10.4 Å². The van der Waals surface area contributed by atoms with E-state index in [-0.39, 0.29) is 11.5 Å². The predicted molar refractivity (Wildman–Crippen MR) is 109 cm³/mol. The molecule has 30 heavy (non-hydrogen) atoms. The molecule has 1 aromatic heterocycles. The number of hydrogen-bond donors (Lipinski definition) is 1. The first-order valence-corrected chi connectivity index (χ1v) is 9.98. The van der Waals surface area contributed by atoms with E-state index in [4.69, 9.17) is 11.6 Å². The van der Waals surface area contributed by atoms with Gasteiger partial charge in [0, 0.05) is 27.5 Å². The van der Waals surface area contributed by atoms with Crippen LogP contribution in [-0.4, -0.2) is 15.7 Å². The van der Waals surface area contributed by atoms with Gasteiger partial charge in [-0.3, -0.25) is 4.79 Å². The number of nitrogens with one attached hydrogen (secondary N) is 1. The Bertz CT molecular complexity index is 1100. The maximum absolute atomic E-state index is 13.4. The molecule has 156 valence electrons. The second kappa shape index (κ2) is 7.80. The fourth-order valence-electron chi connectivity index (χ4n) is 3.73. The first kappa shape index (κ1) is 20.5. The lowest BCUT2D eigenvalue weighted by atomic mass is 9.95. The van der Waals surface area contributed by atoms with Crippen LogP contribution in [0.25, 0.3) is 5.69 Å². The highest BCUT2D eigenvalue weighted by molar-refractivity contribution is 6.31. The van der Waals surface area contributed by atoms with Crippen LogP contribution in [0.1, 0.15) is 45.7 Å². The van der Waals surface area contributed by atoms with Crippen molar-refractivity contribution in [2.45, 2.75) is 38.8 Å². The number of fused-ring (bicyclic) bond motifs is 1. The minimum absolute atomic E-state index is 0.284. The third-order valence-electron chi connectivity index (χ3n) is 5.34. The molecule has 0 saturated heterocycles. The Hall–Kier alpha value is -2.80. The van der Waals surface area contributed by atoms with Gasteiger partial charge < -0.3 is 5.32 Å². The zero-order valence-corrected chi connectivity index (χ0v) is 16.9. The highest BCUT2D eigenvalue weighted by Crippen LogP contribution is 2.36. The Kier molecular flexibility index (Phi) is 5.32. The van der Waals surface area contributed by atoms with Gasteiger partial charge in [0.15, 0.2) is 5.69 Å². The van der Waals surface area contributed by atoms with Gasteiger partial charge >= 0.3 is 6.18 Å². The van der Waals surface area contributed by atoms with Gasteiger partial charge in [-0.1, -0.05) is 17.7 Å². The predicted octanol–water partition coefficient (Wildman–Crippen LogP) is 5.98. The molecule has 0 saturated carbocycles. The molecular formula is C22H19ClF3N3O. The van der Waals surface area contributed by atoms with Gasteiger partial charge in [-0.05, 0) is 74.6 Å². The summed E-state index contributed by atoms with van der Waals surface area (Å²) >= 11 is 6.08. The molecule has 4 nitrogen and oxygen atoms in total. The quantitative estimate of drug-likeness (QED) is 0.552. The number of nitrogens with zero attached hydrogens (tertiary/aromatic N) is 2. The molecule has 1 N–H and O–H groups in total. The summed E-state index contributed by atoms with van der Waals surface area (Å²) in [7, 11) is 0. The summed E-state index contributed by atoms with van der Waals surface area (Å²) in [5.74, 6) is -0.328. The maximum Gasteiger partial charge on any atom is 0.435 e. The molecule has 0 atom stereocenters. The molecule has 3 aromatic rings. The van der Waals surface area contributed by atoms with Crippen LogP contribution < -0.4 is 5.32 Å². The van der Waals surface area contributed by atoms with Crippen molar-refractivity contribution in [2.24, 2.45) is 0 Å². The van der Waals surface area contributed by atoms with E-state index < -0.39 is 11.9 Å². The lowest BCUT2D eigenvalue weighted by Crippen LogP contribution is -2.13. The number of carbonyl (C=O) groups excluding carboxylic acids is 1. The summed E-state index contributed by atoms with van der Waals surface area (Å²) in [6, 6.07) is 11.6. The van der Waals surface area contributed by atoms with Gasteiger partial charge in [-0.2, -0.15) is 18.3 Å². The van der Waals surface area contributed by atoms with Gasteiger partial charge in [-0.15, -0.1) is 0 Å². The normalized spacial score (nSPS) is 13.8. The molecule has 2 aromatic carbocycles. The smallest absolute Gasteiger partial charge is 0.322 e. The van der Waals surface area contributed by atoms with Crippen LogP contribution in [0.15, 0.2) is 42.5 Å². The maximum atomic E-state index is 13.4. The fourth-order valence-corrected chi connectivity index (χ4v) is 3.91. The largest absolute Gasteiger partial charge is 0.435 e. The summed E-state index contributed by atoms with van der Waals surface area (Å²) in [5.41, 5.74) is 2.32. The van der Waals surface area contributed by atoms with Crippen LogP contribution in [0.3, 0.4) is 0 Å². The number of amides is 1. The van der Waals surface area contributed by atoms with E-state index in [1.54, 1.807) is 49.4 Å². The van der Waals surface area contributed by atoms with Gasteiger partial charge in [0.2, 0.25) is 0 Å². The molecule has 1 heterocycles. The van der Waals surface area contributed by atoms with Crippen molar-refractivity contribution in [3.63, 3.8) is 0 Å². The summed E-state index contributed by atoms with van der Waals surface area (Å²) in [4.78, 5) is 12.6. The van der Waals surface area contributed by atoms with Crippen LogP contribution in [0.4, 0.5) is 18.9 Å². The minimum Gasteiger partial charge on any atom is -0.322 e. The molecule has 1 amide bonds. The molecule has 0 unspecified atom stereocenters. The highest BCUT2D eigenvalue weighted by atomic mass is 35.5. The summed E-state index contributed by atoms with van der Waals surface area (Å²) in [6.07, 6.45) is -2.00. The number of aromatic nitrogens is 2. The zero-order valence-electron chi connectivity index (χ0n) is 16.2. The van der Waals surface area contributed by atoms with E-state index in [0.717, 1.165) is 18.4 Å². The Balaban J connectivity index is 1.62. The molecule has 1 aliphatic rings. The van der Waals surface area contributed by atoms with Crippen LogP contribution in [0, 0.1) is 6.92 Å². The summed E-state index contributed by atoms with van der Waals surface area (Å²) in [5, 5.41) is 7.23. The molecule has 1 aliphatic carbocycles. The van der Waals surface area contributed by atoms with Crippen LogP contribution in [0.5, 0.6) is 0 Å². The second-order valence-electron chi connectivity index (χ2n) is 7.30. The van der Waals surface area contributed by atoms with Crippen molar-refractivity contribution in [1.29, 1.82) is 0 Å². The van der Waals surface area contributed by atoms with E-state index in [1.807, 2.05) is 0 Å². The topological polar surface area (TPSA) is 46.9 Å². The second-order valence-corrected chi connectivity index (χ2v) is 7.71. The Labute approximate surface area is 176 Å². The van der Waals surface area contributed by atoms with Gasteiger partial charge in [0.25, 0.3) is 5.91 Å². The van der Waals surface area contributed by atoms with Crippen LogP contribution in [0.2, 0.25) is 5.02 Å². The van der Waals surface area contributed by atoms with Gasteiger partial charge in [0.1, 0.15) is 0 Å². The van der Waals surface area contributed by atoms with Crippen molar-refractivity contribution in [1.82, 2.24) is 9.78 Å². The number of hydrogen-bond acceptors (Lipinski definition) is 2. The Morgan fingerprint density at radius 2 is 1.80 bits per heavy atom.